The molecule has 354 valence electrons. The van der Waals surface area contributed by atoms with Gasteiger partial charge in [0.2, 0.25) is 0 Å². The lowest BCUT2D eigenvalue weighted by atomic mass is 9.95. The lowest BCUT2D eigenvalue weighted by Crippen LogP contribution is -2.03. The molecule has 16 rings (SSSR count). The van der Waals surface area contributed by atoms with E-state index in [2.05, 4.69) is 252 Å². The Bertz CT molecular complexity index is 4690. The Morgan fingerprint density at radius 1 is 0.276 bits per heavy atom. The maximum Gasteiger partial charge on any atom is 0.160 e. The van der Waals surface area contributed by atoms with Crippen molar-refractivity contribution >= 4 is 87.5 Å². The van der Waals surface area contributed by atoms with Gasteiger partial charge in [-0.15, -0.1) is 0 Å². The van der Waals surface area contributed by atoms with Crippen LogP contribution in [0.25, 0.3) is 155 Å². The van der Waals surface area contributed by atoms with Crippen molar-refractivity contribution in [2.45, 2.75) is 0 Å². The van der Waals surface area contributed by atoms with Crippen LogP contribution in [-0.2, 0) is 0 Å². The van der Waals surface area contributed by atoms with Crippen molar-refractivity contribution in [1.29, 1.82) is 0 Å². The van der Waals surface area contributed by atoms with Gasteiger partial charge in [-0.25, -0.2) is 9.97 Å². The van der Waals surface area contributed by atoms with Crippen molar-refractivity contribution in [2.24, 2.45) is 0 Å². The summed E-state index contributed by atoms with van der Waals surface area (Å²) in [6.45, 7) is 0. The van der Waals surface area contributed by atoms with Crippen LogP contribution in [0.3, 0.4) is 0 Å². The fourth-order valence-electron chi connectivity index (χ4n) is 12.0. The van der Waals surface area contributed by atoms with E-state index in [9.17, 15) is 0 Å². The van der Waals surface area contributed by atoms with Crippen molar-refractivity contribution in [2.75, 3.05) is 0 Å². The highest BCUT2D eigenvalue weighted by molar-refractivity contribution is 6.25. The molecule has 0 atom stereocenters. The minimum Gasteiger partial charge on any atom is -0.455 e. The van der Waals surface area contributed by atoms with Gasteiger partial charge in [-0.05, 0) is 107 Å². The van der Waals surface area contributed by atoms with Crippen molar-refractivity contribution in [3.8, 4) is 67.5 Å². The molecule has 6 nitrogen and oxygen atoms in total. The van der Waals surface area contributed by atoms with Crippen LogP contribution in [0.5, 0.6) is 0 Å². The highest BCUT2D eigenvalue weighted by atomic mass is 16.3. The molecule has 0 saturated heterocycles. The zero-order valence-corrected chi connectivity index (χ0v) is 40.9. The summed E-state index contributed by atoms with van der Waals surface area (Å²) >= 11 is 0. The summed E-state index contributed by atoms with van der Waals surface area (Å²) in [5.41, 5.74) is 18.6. The molecule has 16 aromatic rings. The minimum absolute atomic E-state index is 0.615. The fourth-order valence-corrected chi connectivity index (χ4v) is 12.0. The highest BCUT2D eigenvalue weighted by Crippen LogP contribution is 2.45. The summed E-state index contributed by atoms with van der Waals surface area (Å²) < 4.78 is 18.2. The zero-order valence-electron chi connectivity index (χ0n) is 40.9. The van der Waals surface area contributed by atoms with Crippen LogP contribution in [0.1, 0.15) is 0 Å². The molecule has 6 heteroatoms. The predicted molar refractivity (Wildman–Crippen MR) is 312 cm³/mol. The molecule has 11 aromatic carbocycles. The maximum absolute atomic E-state index is 6.74. The molecule has 5 heterocycles. The van der Waals surface area contributed by atoms with E-state index in [0.29, 0.717) is 5.82 Å². The number of fused-ring (bicyclic) bond motifs is 14. The summed E-state index contributed by atoms with van der Waals surface area (Å²) in [5, 5.41) is 8.80. The monoisotopic (exact) mass is 970 g/mol. The van der Waals surface area contributed by atoms with Gasteiger partial charge < -0.3 is 18.0 Å². The van der Waals surface area contributed by atoms with Crippen LogP contribution in [0.15, 0.2) is 264 Å². The fraction of sp³-hybridized carbons (Fsp3) is 0. The average molecular weight is 971 g/mol. The van der Waals surface area contributed by atoms with E-state index < -0.39 is 0 Å². The van der Waals surface area contributed by atoms with Crippen LogP contribution in [-0.4, -0.2) is 19.1 Å². The van der Waals surface area contributed by atoms with E-state index in [1.807, 2.05) is 12.1 Å². The van der Waals surface area contributed by atoms with Crippen LogP contribution >= 0.6 is 0 Å². The van der Waals surface area contributed by atoms with E-state index in [0.717, 1.165) is 149 Å². The van der Waals surface area contributed by atoms with Gasteiger partial charge in [0.15, 0.2) is 5.82 Å². The van der Waals surface area contributed by atoms with Crippen molar-refractivity contribution in [3.05, 3.63) is 255 Å². The number of rotatable bonds is 7. The van der Waals surface area contributed by atoms with Gasteiger partial charge in [0.05, 0.1) is 55.6 Å². The molecule has 0 fully saturated rings. The van der Waals surface area contributed by atoms with E-state index >= 15 is 0 Å². The zero-order chi connectivity index (χ0) is 49.8. The lowest BCUT2D eigenvalue weighted by Gasteiger charge is -2.18. The summed E-state index contributed by atoms with van der Waals surface area (Å²) in [6, 6.07) is 90.1. The molecule has 0 radical (unpaired) electrons. The third-order valence-electron chi connectivity index (χ3n) is 15.3. The first kappa shape index (κ1) is 42.2. The standard InChI is InChI=1S/C70H42N4O2/c1-3-19-43(20-4-1)45-39-46(44-21-5-2-6-22-44)41-47(40-45)70-71-56(52-25-7-13-29-58(52)73-60-31-15-9-27-54(60)66-62(73)37-35-50-48-23-11-17-33-64(48)75-68(50)66)42-57(72-70)53-26-8-14-30-59(53)74-61-32-16-10-28-55(61)67-63(74)38-36-51-49-24-12-18-34-65(49)76-69(51)67/h1-42H. The molecule has 0 unspecified atom stereocenters. The SMILES string of the molecule is c1ccc(-c2cc(-c3ccccc3)cc(-c3nc(-c4ccccc4-n4c5ccccc5c5c6oc7ccccc7c6ccc54)cc(-c4ccccc4-n4c5ccccc5c5c6oc7ccccc7c6ccc54)n3)c2)cc1. The molecule has 0 N–H and O–H groups in total. The van der Waals surface area contributed by atoms with Gasteiger partial charge >= 0.3 is 0 Å². The highest BCUT2D eigenvalue weighted by Gasteiger charge is 2.24. The molecule has 0 bridgehead atoms. The first-order valence-corrected chi connectivity index (χ1v) is 25.7. The first-order valence-electron chi connectivity index (χ1n) is 25.7. The van der Waals surface area contributed by atoms with Crippen LogP contribution < -0.4 is 0 Å². The van der Waals surface area contributed by atoms with E-state index in [1.165, 1.54) is 0 Å². The van der Waals surface area contributed by atoms with Gasteiger partial charge in [-0.2, -0.15) is 0 Å². The molecule has 76 heavy (non-hydrogen) atoms. The minimum atomic E-state index is 0.615. The molecule has 0 amide bonds. The Morgan fingerprint density at radius 2 is 0.671 bits per heavy atom. The number of hydrogen-bond donors (Lipinski definition) is 0. The summed E-state index contributed by atoms with van der Waals surface area (Å²) in [5.74, 6) is 0.615. The Kier molecular flexibility index (Phi) is 9.23. The topological polar surface area (TPSA) is 61.9 Å². The van der Waals surface area contributed by atoms with Crippen LogP contribution in [0, 0.1) is 0 Å². The Morgan fingerprint density at radius 3 is 1.16 bits per heavy atom. The van der Waals surface area contributed by atoms with Gasteiger partial charge in [-0.1, -0.05) is 170 Å². The Hall–Kier alpha value is -10.3. The van der Waals surface area contributed by atoms with Crippen molar-refractivity contribution < 1.29 is 8.83 Å². The van der Waals surface area contributed by atoms with E-state index in [1.54, 1.807) is 0 Å². The summed E-state index contributed by atoms with van der Waals surface area (Å²) in [4.78, 5) is 11.3. The van der Waals surface area contributed by atoms with E-state index in [4.69, 9.17) is 18.8 Å². The molecular weight excluding hydrogens is 929 g/mol. The number of furan rings is 2. The second-order valence-electron chi connectivity index (χ2n) is 19.6. The van der Waals surface area contributed by atoms with Crippen molar-refractivity contribution in [3.63, 3.8) is 0 Å². The summed E-state index contributed by atoms with van der Waals surface area (Å²) in [6.07, 6.45) is 0. The second-order valence-corrected chi connectivity index (χ2v) is 19.6. The van der Waals surface area contributed by atoms with E-state index in [-0.39, 0.29) is 0 Å². The molecule has 0 saturated carbocycles. The molecule has 0 spiro atoms. The Labute approximate surface area is 435 Å². The second kappa shape index (κ2) is 16.6. The normalized spacial score (nSPS) is 11.9. The van der Waals surface area contributed by atoms with Gasteiger partial charge in [-0.3, -0.25) is 0 Å². The predicted octanol–water partition coefficient (Wildman–Crippen LogP) is 18.8. The molecule has 0 aliphatic carbocycles. The summed E-state index contributed by atoms with van der Waals surface area (Å²) in [7, 11) is 0. The molecule has 0 aliphatic rings. The van der Waals surface area contributed by atoms with Gasteiger partial charge in [0, 0.05) is 49.0 Å². The lowest BCUT2D eigenvalue weighted by molar-refractivity contribution is 0.672. The maximum atomic E-state index is 6.74. The number of hydrogen-bond acceptors (Lipinski definition) is 4. The number of benzene rings is 11. The largest absolute Gasteiger partial charge is 0.455 e. The Balaban J connectivity index is 0.973. The average Bonchev–Trinajstić information content (AvgIpc) is 4.38. The van der Waals surface area contributed by atoms with Crippen LogP contribution in [0.2, 0.25) is 0 Å². The number of aromatic nitrogens is 4. The molecular formula is C70H42N4O2. The van der Waals surface area contributed by atoms with Gasteiger partial charge in [0.25, 0.3) is 0 Å². The third kappa shape index (κ3) is 6.41. The molecule has 5 aromatic heterocycles. The van der Waals surface area contributed by atoms with Crippen molar-refractivity contribution in [1.82, 2.24) is 19.1 Å². The molecule has 0 aliphatic heterocycles. The number of para-hydroxylation sites is 6. The first-order chi connectivity index (χ1) is 37.7. The number of nitrogens with zero attached hydrogens (tertiary/aromatic N) is 4. The quantitative estimate of drug-likeness (QED) is 0.160. The van der Waals surface area contributed by atoms with Gasteiger partial charge in [0.1, 0.15) is 22.3 Å². The van der Waals surface area contributed by atoms with Crippen LogP contribution in [0.4, 0.5) is 0 Å². The third-order valence-corrected chi connectivity index (χ3v) is 15.3. The smallest absolute Gasteiger partial charge is 0.160 e.